The maximum absolute atomic E-state index is 14.2. The van der Waals surface area contributed by atoms with E-state index in [1.807, 2.05) is 6.92 Å². The lowest BCUT2D eigenvalue weighted by molar-refractivity contribution is 0.258. The van der Waals surface area contributed by atoms with Crippen LogP contribution in [0.1, 0.15) is 44.5 Å². The van der Waals surface area contributed by atoms with E-state index in [1.54, 1.807) is 0 Å². The molecule has 1 aromatic heterocycles. The van der Waals surface area contributed by atoms with Crippen LogP contribution in [0.2, 0.25) is 0 Å². The molecule has 0 radical (unpaired) electrons. The molecule has 2 N–H and O–H groups in total. The predicted octanol–water partition coefficient (Wildman–Crippen LogP) is 4.21. The van der Waals surface area contributed by atoms with Crippen LogP contribution in [0.15, 0.2) is 6.07 Å². The number of rotatable bonds is 2. The molecule has 1 aliphatic carbocycles. The van der Waals surface area contributed by atoms with Gasteiger partial charge < -0.3 is 10.3 Å². The molecule has 1 atom stereocenters. The van der Waals surface area contributed by atoms with Gasteiger partial charge in [0.15, 0.2) is 11.6 Å². The fourth-order valence-corrected chi connectivity index (χ4v) is 3.49. The van der Waals surface area contributed by atoms with Crippen molar-refractivity contribution in [2.24, 2.45) is 5.41 Å². The number of nitrogens with one attached hydrogen (secondary N) is 2. The molecule has 114 valence electrons. The van der Waals surface area contributed by atoms with Crippen molar-refractivity contribution >= 4 is 10.9 Å². The monoisotopic (exact) mass is 296 g/mol. The second kappa shape index (κ2) is 4.77. The summed E-state index contributed by atoms with van der Waals surface area (Å²) in [5.74, 6) is -2.85. The van der Waals surface area contributed by atoms with Crippen molar-refractivity contribution in [1.82, 2.24) is 10.3 Å². The maximum Gasteiger partial charge on any atom is 0.168 e. The Labute approximate surface area is 121 Å². The summed E-state index contributed by atoms with van der Waals surface area (Å²) >= 11 is 0. The van der Waals surface area contributed by atoms with Crippen LogP contribution in [0.4, 0.5) is 13.2 Å². The fraction of sp³-hybridized carbons (Fsp3) is 0.500. The lowest BCUT2D eigenvalue weighted by Gasteiger charge is -2.35. The summed E-state index contributed by atoms with van der Waals surface area (Å²) in [5.41, 5.74) is 1.57. The number of halogens is 3. The van der Waals surface area contributed by atoms with E-state index in [2.05, 4.69) is 24.1 Å². The van der Waals surface area contributed by atoms with E-state index >= 15 is 0 Å². The Morgan fingerprint density at radius 2 is 2.00 bits per heavy atom. The van der Waals surface area contributed by atoms with Gasteiger partial charge in [0, 0.05) is 28.8 Å². The molecule has 0 aliphatic heterocycles. The first-order chi connectivity index (χ1) is 9.84. The van der Waals surface area contributed by atoms with Gasteiger partial charge in [0.1, 0.15) is 5.82 Å². The Hall–Kier alpha value is -1.49. The summed E-state index contributed by atoms with van der Waals surface area (Å²) in [6, 6.07) is 0.505. The molecular formula is C16H19F3N2. The molecule has 0 spiro atoms. The minimum Gasteiger partial charge on any atom is -0.356 e. The molecule has 0 amide bonds. The van der Waals surface area contributed by atoms with Gasteiger partial charge in [-0.2, -0.15) is 0 Å². The molecule has 2 aromatic rings. The molecule has 0 saturated carbocycles. The number of aromatic nitrogens is 1. The van der Waals surface area contributed by atoms with Crippen LogP contribution < -0.4 is 5.32 Å². The van der Waals surface area contributed by atoms with Gasteiger partial charge in [0.05, 0.1) is 5.52 Å². The Kier molecular flexibility index (Phi) is 3.28. The van der Waals surface area contributed by atoms with Crippen molar-refractivity contribution in [1.29, 1.82) is 0 Å². The Morgan fingerprint density at radius 1 is 1.29 bits per heavy atom. The van der Waals surface area contributed by atoms with Crippen molar-refractivity contribution in [3.8, 4) is 0 Å². The third-order valence-electron chi connectivity index (χ3n) is 4.25. The number of aromatic amines is 1. The quantitative estimate of drug-likeness (QED) is 0.798. The second-order valence-corrected chi connectivity index (χ2v) is 6.58. The van der Waals surface area contributed by atoms with E-state index in [9.17, 15) is 13.2 Å². The Balaban J connectivity index is 2.31. The highest BCUT2D eigenvalue weighted by molar-refractivity contribution is 5.87. The number of fused-ring (bicyclic) bond motifs is 3. The third-order valence-corrected chi connectivity index (χ3v) is 4.25. The van der Waals surface area contributed by atoms with Crippen molar-refractivity contribution < 1.29 is 13.2 Å². The fourth-order valence-electron chi connectivity index (χ4n) is 3.49. The van der Waals surface area contributed by atoms with E-state index in [4.69, 9.17) is 0 Å². The zero-order chi connectivity index (χ0) is 15.4. The van der Waals surface area contributed by atoms with E-state index in [1.165, 1.54) is 0 Å². The van der Waals surface area contributed by atoms with E-state index in [0.29, 0.717) is 24.6 Å². The van der Waals surface area contributed by atoms with Crippen LogP contribution in [-0.4, -0.2) is 11.5 Å². The lowest BCUT2D eigenvalue weighted by atomic mass is 9.74. The van der Waals surface area contributed by atoms with Gasteiger partial charge in [-0.3, -0.25) is 0 Å². The number of hydrogen-bond acceptors (Lipinski definition) is 1. The Bertz CT molecular complexity index is 703. The minimum atomic E-state index is -1.14. The van der Waals surface area contributed by atoms with Gasteiger partial charge in [0.25, 0.3) is 0 Å². The van der Waals surface area contributed by atoms with E-state index < -0.39 is 17.5 Å². The van der Waals surface area contributed by atoms with E-state index in [0.717, 1.165) is 12.1 Å². The van der Waals surface area contributed by atoms with Crippen LogP contribution in [0, 0.1) is 22.9 Å². The molecule has 0 fully saturated rings. The zero-order valence-corrected chi connectivity index (χ0v) is 12.4. The summed E-state index contributed by atoms with van der Waals surface area (Å²) < 4.78 is 41.7. The lowest BCUT2D eigenvalue weighted by Crippen LogP contribution is -2.33. The smallest absolute Gasteiger partial charge is 0.168 e. The summed E-state index contributed by atoms with van der Waals surface area (Å²) in [4.78, 5) is 2.97. The summed E-state index contributed by atoms with van der Waals surface area (Å²) in [6.07, 6.45) is 1.50. The molecule has 21 heavy (non-hydrogen) atoms. The third kappa shape index (κ3) is 2.24. The van der Waals surface area contributed by atoms with E-state index in [-0.39, 0.29) is 22.4 Å². The average Bonchev–Trinajstić information content (AvgIpc) is 2.74. The summed E-state index contributed by atoms with van der Waals surface area (Å²) in [6.45, 7) is 6.93. The standard InChI is InChI=1S/C16H19F3N2/c1-4-20-10-6-16(2,3)7-11-12(10)13-14(19)8(17)5-9(18)15(13)21-11/h5,10,20-21H,4,6-7H2,1-3H3. The van der Waals surface area contributed by atoms with Crippen molar-refractivity contribution in [2.75, 3.05) is 6.54 Å². The van der Waals surface area contributed by atoms with Gasteiger partial charge in [-0.25, -0.2) is 13.2 Å². The van der Waals surface area contributed by atoms with Crippen molar-refractivity contribution in [3.05, 3.63) is 34.8 Å². The highest BCUT2D eigenvalue weighted by atomic mass is 19.2. The normalized spacial score (nSPS) is 20.8. The summed E-state index contributed by atoms with van der Waals surface area (Å²) in [5, 5.41) is 3.37. The topological polar surface area (TPSA) is 27.8 Å². The highest BCUT2D eigenvalue weighted by Crippen LogP contribution is 2.44. The predicted molar refractivity (Wildman–Crippen MR) is 76.7 cm³/mol. The van der Waals surface area contributed by atoms with Crippen LogP contribution in [0.5, 0.6) is 0 Å². The maximum atomic E-state index is 14.2. The Morgan fingerprint density at radius 3 is 2.67 bits per heavy atom. The van der Waals surface area contributed by atoms with Gasteiger partial charge in [0.2, 0.25) is 0 Å². The molecule has 1 unspecified atom stereocenters. The molecule has 3 rings (SSSR count). The van der Waals surface area contributed by atoms with Crippen LogP contribution in [0.3, 0.4) is 0 Å². The molecule has 1 heterocycles. The molecule has 0 saturated heterocycles. The first-order valence-corrected chi connectivity index (χ1v) is 7.25. The number of benzene rings is 1. The molecule has 1 aliphatic rings. The first-order valence-electron chi connectivity index (χ1n) is 7.25. The SMILES string of the molecule is CCNC1CC(C)(C)Cc2[nH]c3c(F)cc(F)c(F)c3c21. The van der Waals surface area contributed by atoms with Crippen LogP contribution >= 0.6 is 0 Å². The zero-order valence-electron chi connectivity index (χ0n) is 12.4. The number of H-pyrrole nitrogens is 1. The molecule has 0 bridgehead atoms. The van der Waals surface area contributed by atoms with Gasteiger partial charge >= 0.3 is 0 Å². The van der Waals surface area contributed by atoms with Crippen molar-refractivity contribution in [2.45, 2.75) is 39.7 Å². The second-order valence-electron chi connectivity index (χ2n) is 6.58. The van der Waals surface area contributed by atoms with Crippen LogP contribution in [0.25, 0.3) is 10.9 Å². The molecule has 5 heteroatoms. The van der Waals surface area contributed by atoms with Crippen molar-refractivity contribution in [3.63, 3.8) is 0 Å². The summed E-state index contributed by atoms with van der Waals surface area (Å²) in [7, 11) is 0. The van der Waals surface area contributed by atoms with Gasteiger partial charge in [-0.15, -0.1) is 0 Å². The van der Waals surface area contributed by atoms with Crippen LogP contribution in [-0.2, 0) is 6.42 Å². The first kappa shape index (κ1) is 14.4. The number of hydrogen-bond donors (Lipinski definition) is 2. The van der Waals surface area contributed by atoms with Gasteiger partial charge in [-0.05, 0) is 24.8 Å². The largest absolute Gasteiger partial charge is 0.356 e. The van der Waals surface area contributed by atoms with Gasteiger partial charge in [-0.1, -0.05) is 20.8 Å². The average molecular weight is 296 g/mol. The highest BCUT2D eigenvalue weighted by Gasteiger charge is 2.36. The molecular weight excluding hydrogens is 277 g/mol. The molecule has 2 nitrogen and oxygen atoms in total. The minimum absolute atomic E-state index is 0.0200. The molecule has 1 aromatic carbocycles.